The van der Waals surface area contributed by atoms with Crippen LogP contribution < -0.4 is 15.8 Å². The van der Waals surface area contributed by atoms with Gasteiger partial charge in [-0.3, -0.25) is 9.36 Å². The Bertz CT molecular complexity index is 1210. The number of carbonyl (C=O) groups excluding carboxylic acids is 1. The molecule has 3 aromatic rings. The first-order valence-corrected chi connectivity index (χ1v) is 11.8. The van der Waals surface area contributed by atoms with E-state index < -0.39 is 43.0 Å². The Hall–Kier alpha value is -3.36. The van der Waals surface area contributed by atoms with E-state index in [-0.39, 0.29) is 11.8 Å². The molecule has 0 saturated carbocycles. The number of nitrogens with two attached hydrogens (primary N) is 1. The first-order valence-electron chi connectivity index (χ1n) is 11.8. The fraction of sp³-hybridized carbons (Fsp3) is 0.500. The molecule has 13 nitrogen and oxygen atoms in total. The molecule has 3 heterocycles. The molecule has 1 aliphatic heterocycles. The fourth-order valence-corrected chi connectivity index (χ4v) is 3.93. The van der Waals surface area contributed by atoms with Gasteiger partial charge < -0.3 is 40.6 Å². The van der Waals surface area contributed by atoms with E-state index in [0.717, 1.165) is 5.56 Å². The third-order valence-electron chi connectivity index (χ3n) is 5.69. The summed E-state index contributed by atoms with van der Waals surface area (Å²) in [4.78, 5) is 24.2. The van der Waals surface area contributed by atoms with Crippen molar-refractivity contribution in [2.24, 2.45) is 0 Å². The number of aromatic nitrogens is 4. The van der Waals surface area contributed by atoms with E-state index in [1.54, 1.807) is 12.1 Å². The number of nitrogens with zero attached hydrogens (tertiary/aromatic N) is 4. The number of aliphatic hydroxyl groups is 3. The predicted molar refractivity (Wildman–Crippen MR) is 133 cm³/mol. The molecular formula is C24H32N6O7. The number of hydrogen-bond acceptors (Lipinski definition) is 12. The van der Waals surface area contributed by atoms with Crippen LogP contribution in [0.1, 0.15) is 32.6 Å². The lowest BCUT2D eigenvalue weighted by Crippen LogP contribution is -2.33. The van der Waals surface area contributed by atoms with Crippen molar-refractivity contribution in [2.75, 3.05) is 24.2 Å². The van der Waals surface area contributed by atoms with E-state index in [2.05, 4.69) is 20.3 Å². The summed E-state index contributed by atoms with van der Waals surface area (Å²) in [7, 11) is 0. The summed E-state index contributed by atoms with van der Waals surface area (Å²) in [6.45, 7) is 5.57. The minimum atomic E-state index is -1.28. The van der Waals surface area contributed by atoms with Gasteiger partial charge in [-0.15, -0.1) is 0 Å². The van der Waals surface area contributed by atoms with Crippen molar-refractivity contribution in [3.05, 3.63) is 36.2 Å². The van der Waals surface area contributed by atoms with E-state index in [0.29, 0.717) is 36.2 Å². The Balaban J connectivity index is 1.39. The van der Waals surface area contributed by atoms with Crippen molar-refractivity contribution in [3.63, 3.8) is 0 Å². The molecule has 3 unspecified atom stereocenters. The fourth-order valence-electron chi connectivity index (χ4n) is 3.93. The maximum absolute atomic E-state index is 11.2. The molecule has 0 amide bonds. The van der Waals surface area contributed by atoms with Gasteiger partial charge in [0.15, 0.2) is 24.0 Å². The van der Waals surface area contributed by atoms with E-state index in [1.165, 1.54) is 10.9 Å². The summed E-state index contributed by atoms with van der Waals surface area (Å²) < 4.78 is 18.2. The summed E-state index contributed by atoms with van der Waals surface area (Å²) >= 11 is 0. The van der Waals surface area contributed by atoms with E-state index in [1.807, 2.05) is 32.9 Å². The highest BCUT2D eigenvalue weighted by Crippen LogP contribution is 2.32. The van der Waals surface area contributed by atoms with Gasteiger partial charge in [-0.05, 0) is 44.9 Å². The molecule has 200 valence electrons. The maximum atomic E-state index is 11.2. The summed E-state index contributed by atoms with van der Waals surface area (Å²) in [6.07, 6.45) is -2.81. The average Bonchev–Trinajstić information content (AvgIpc) is 3.40. The van der Waals surface area contributed by atoms with Crippen LogP contribution >= 0.6 is 0 Å². The zero-order valence-electron chi connectivity index (χ0n) is 20.8. The van der Waals surface area contributed by atoms with Crippen LogP contribution in [0.5, 0.6) is 5.75 Å². The highest BCUT2D eigenvalue weighted by molar-refractivity contribution is 5.83. The maximum Gasteiger partial charge on any atom is 0.257 e. The van der Waals surface area contributed by atoms with Crippen molar-refractivity contribution in [2.45, 2.75) is 63.6 Å². The Kier molecular flexibility index (Phi) is 7.90. The van der Waals surface area contributed by atoms with E-state index >= 15 is 0 Å². The van der Waals surface area contributed by atoms with E-state index in [9.17, 15) is 20.1 Å². The van der Waals surface area contributed by atoms with Gasteiger partial charge in [-0.25, -0.2) is 4.98 Å². The highest BCUT2D eigenvalue weighted by Gasteiger charge is 2.44. The molecule has 0 bridgehead atoms. The monoisotopic (exact) mass is 516 g/mol. The second-order valence-electron chi connectivity index (χ2n) is 9.66. The second kappa shape index (κ2) is 10.9. The molecule has 13 heteroatoms. The Morgan fingerprint density at radius 2 is 1.95 bits per heavy atom. The quantitative estimate of drug-likeness (QED) is 0.185. The molecule has 0 aliphatic carbocycles. The van der Waals surface area contributed by atoms with Crippen molar-refractivity contribution < 1.29 is 34.3 Å². The summed E-state index contributed by atoms with van der Waals surface area (Å²) in [5.74, 6) is 0.908. The normalized spacial score (nSPS) is 22.8. The lowest BCUT2D eigenvalue weighted by atomic mass is 10.1. The molecule has 37 heavy (non-hydrogen) atoms. The summed E-state index contributed by atoms with van der Waals surface area (Å²) in [5, 5.41) is 32.9. The number of rotatable bonds is 10. The Morgan fingerprint density at radius 1 is 1.22 bits per heavy atom. The summed E-state index contributed by atoms with van der Waals surface area (Å²) in [5.41, 5.74) is 7.19. The van der Waals surface area contributed by atoms with Gasteiger partial charge in [0.25, 0.3) is 6.29 Å². The van der Waals surface area contributed by atoms with Crippen LogP contribution in [0.15, 0.2) is 30.6 Å². The first kappa shape index (κ1) is 26.7. The topological polar surface area (TPSA) is 187 Å². The number of anilines is 2. The molecule has 1 saturated heterocycles. The minimum absolute atomic E-state index is 0.140. The van der Waals surface area contributed by atoms with Gasteiger partial charge in [0.1, 0.15) is 29.6 Å². The number of nitrogens with one attached hydrogen (secondary N) is 1. The molecule has 4 rings (SSSR count). The molecule has 0 radical (unpaired) electrons. The van der Waals surface area contributed by atoms with Crippen LogP contribution in [0, 0.1) is 0 Å². The average molecular weight is 517 g/mol. The van der Waals surface area contributed by atoms with Crippen molar-refractivity contribution in [1.82, 2.24) is 19.5 Å². The third-order valence-corrected chi connectivity index (χ3v) is 5.69. The second-order valence-corrected chi connectivity index (χ2v) is 9.66. The molecular weight excluding hydrogens is 484 g/mol. The standard InChI is InChI=1S/C24H32N6O7/c1-24(2,3)37-16(11-32)35-14-6-4-13(5-7-14)8-9-26-23-28-20(25)17-21(29-23)30(12-27-17)22-19(34)18(33)15(10-31)36-22/h4-7,11-12,15-16,18-19,22,31,33-34H,8-10H2,1-3H3,(H3,25,26,28,29)/t15-,16?,18?,19?,22-/m1/s1. The van der Waals surface area contributed by atoms with Crippen molar-refractivity contribution >= 4 is 29.2 Å². The summed E-state index contributed by atoms with van der Waals surface area (Å²) in [6, 6.07) is 7.28. The molecule has 6 N–H and O–H groups in total. The number of benzene rings is 1. The zero-order valence-corrected chi connectivity index (χ0v) is 20.8. The lowest BCUT2D eigenvalue weighted by Gasteiger charge is -2.24. The third kappa shape index (κ3) is 6.14. The number of carbonyl (C=O) groups is 1. The SMILES string of the molecule is CC(C)(C)OC(C=O)Oc1ccc(CCNc2nc(N)c3ncn([C@@H]4O[C@H](CO)C(O)C4O)c3n2)cc1. The number of nitrogen functional groups attached to an aromatic ring is 1. The smallest absolute Gasteiger partial charge is 0.257 e. The Morgan fingerprint density at radius 3 is 2.57 bits per heavy atom. The number of imidazole rings is 1. The molecule has 0 spiro atoms. The largest absolute Gasteiger partial charge is 0.458 e. The molecule has 2 aromatic heterocycles. The van der Waals surface area contributed by atoms with Crippen molar-refractivity contribution in [1.29, 1.82) is 0 Å². The molecule has 1 aromatic carbocycles. The molecule has 5 atom stereocenters. The number of fused-ring (bicyclic) bond motifs is 1. The predicted octanol–water partition coefficient (Wildman–Crippen LogP) is 0.394. The Labute approximate surface area is 213 Å². The van der Waals surface area contributed by atoms with Gasteiger partial charge in [-0.1, -0.05) is 12.1 Å². The van der Waals surface area contributed by atoms with Crippen molar-refractivity contribution in [3.8, 4) is 5.75 Å². The van der Waals surface area contributed by atoms with Gasteiger partial charge in [-0.2, -0.15) is 9.97 Å². The first-order chi connectivity index (χ1) is 17.6. The van der Waals surface area contributed by atoms with Crippen LogP contribution in [0.25, 0.3) is 11.2 Å². The number of ether oxygens (including phenoxy) is 3. The highest BCUT2D eigenvalue weighted by atomic mass is 16.7. The van der Waals surface area contributed by atoms with Crippen LogP contribution in [-0.4, -0.2) is 84.5 Å². The minimum Gasteiger partial charge on any atom is -0.458 e. The van der Waals surface area contributed by atoms with Crippen LogP contribution in [0.3, 0.4) is 0 Å². The van der Waals surface area contributed by atoms with Crippen LogP contribution in [0.2, 0.25) is 0 Å². The van der Waals surface area contributed by atoms with Gasteiger partial charge >= 0.3 is 0 Å². The molecule has 1 fully saturated rings. The zero-order chi connectivity index (χ0) is 26.7. The number of aliphatic hydroxyl groups excluding tert-OH is 3. The van der Waals surface area contributed by atoms with Gasteiger partial charge in [0.05, 0.1) is 18.5 Å². The van der Waals surface area contributed by atoms with Crippen LogP contribution in [0.4, 0.5) is 11.8 Å². The van der Waals surface area contributed by atoms with Gasteiger partial charge in [0.2, 0.25) is 5.95 Å². The van der Waals surface area contributed by atoms with E-state index in [4.69, 9.17) is 19.9 Å². The molecule has 1 aliphatic rings. The number of hydrogen-bond donors (Lipinski definition) is 5. The van der Waals surface area contributed by atoms with Gasteiger partial charge in [0, 0.05) is 6.54 Å². The van der Waals surface area contributed by atoms with Crippen LogP contribution in [-0.2, 0) is 20.7 Å². The lowest BCUT2D eigenvalue weighted by molar-refractivity contribution is -0.161. The number of aldehydes is 1.